The van der Waals surface area contributed by atoms with Gasteiger partial charge in [-0.25, -0.2) is 4.89 Å². The van der Waals surface area contributed by atoms with Crippen LogP contribution in [0.15, 0.2) is 18.2 Å². The minimum atomic E-state index is -0.675. The van der Waals surface area contributed by atoms with Gasteiger partial charge >= 0.3 is 0 Å². The lowest BCUT2D eigenvalue weighted by Gasteiger charge is -2.45. The van der Waals surface area contributed by atoms with Crippen molar-refractivity contribution in [3.8, 4) is 5.75 Å². The van der Waals surface area contributed by atoms with Gasteiger partial charge in [0.15, 0.2) is 5.60 Å². The maximum atomic E-state index is 5.82. The Labute approximate surface area is 102 Å². The molecule has 17 heavy (non-hydrogen) atoms. The number of ether oxygens (including phenoxy) is 1. The van der Waals surface area contributed by atoms with E-state index in [-0.39, 0.29) is 5.41 Å². The third-order valence-electron chi connectivity index (χ3n) is 3.90. The molecular formula is C14H18O3. The van der Waals surface area contributed by atoms with Gasteiger partial charge in [0.05, 0.1) is 0 Å². The van der Waals surface area contributed by atoms with Gasteiger partial charge in [0.1, 0.15) is 5.75 Å². The summed E-state index contributed by atoms with van der Waals surface area (Å²) in [5.74, 6) is 0.187. The Balaban J connectivity index is 2.13. The van der Waals surface area contributed by atoms with Crippen molar-refractivity contribution in [3.05, 3.63) is 29.3 Å². The molecule has 2 aliphatic heterocycles. The van der Waals surface area contributed by atoms with Crippen LogP contribution in [0.3, 0.4) is 0 Å². The van der Waals surface area contributed by atoms with Crippen LogP contribution in [0.5, 0.6) is 5.75 Å². The first-order valence-corrected chi connectivity index (χ1v) is 5.97. The molecule has 0 aliphatic carbocycles. The normalized spacial score (nSPS) is 34.6. The molecule has 1 aromatic carbocycles. The fraction of sp³-hybridized carbons (Fsp3) is 0.571. The minimum absolute atomic E-state index is 0.120. The Morgan fingerprint density at radius 1 is 1.06 bits per heavy atom. The van der Waals surface area contributed by atoms with Crippen LogP contribution >= 0.6 is 0 Å². The molecule has 2 heterocycles. The summed E-state index contributed by atoms with van der Waals surface area (Å²) in [4.78, 5) is 10.4. The monoisotopic (exact) mass is 234 g/mol. The molecule has 1 saturated heterocycles. The van der Waals surface area contributed by atoms with Crippen LogP contribution < -0.4 is 4.74 Å². The Kier molecular flexibility index (Phi) is 1.85. The zero-order valence-corrected chi connectivity index (χ0v) is 11.0. The topological polar surface area (TPSA) is 27.7 Å². The van der Waals surface area contributed by atoms with E-state index in [0.29, 0.717) is 0 Å². The van der Waals surface area contributed by atoms with Crippen LogP contribution in [0, 0.1) is 0 Å². The number of fused-ring (bicyclic) bond motifs is 3. The van der Waals surface area contributed by atoms with E-state index in [9.17, 15) is 0 Å². The molecule has 0 radical (unpaired) electrons. The van der Waals surface area contributed by atoms with E-state index in [1.54, 1.807) is 0 Å². The largest absolute Gasteiger partial charge is 0.456 e. The first kappa shape index (κ1) is 11.1. The van der Waals surface area contributed by atoms with Gasteiger partial charge in [-0.1, -0.05) is 26.8 Å². The smallest absolute Gasteiger partial charge is 0.273 e. The van der Waals surface area contributed by atoms with E-state index in [1.165, 1.54) is 5.56 Å². The lowest BCUT2D eigenvalue weighted by atomic mass is 9.82. The molecule has 1 fully saturated rings. The lowest BCUT2D eigenvalue weighted by molar-refractivity contribution is -0.587. The molecule has 0 saturated carbocycles. The summed E-state index contributed by atoms with van der Waals surface area (Å²) in [6.07, 6.45) is 0. The summed E-state index contributed by atoms with van der Waals surface area (Å²) >= 11 is 0. The average molecular weight is 234 g/mol. The molecule has 0 N–H and O–H groups in total. The van der Waals surface area contributed by atoms with E-state index < -0.39 is 11.4 Å². The van der Waals surface area contributed by atoms with Crippen LogP contribution in [-0.4, -0.2) is 5.79 Å². The fourth-order valence-corrected chi connectivity index (χ4v) is 2.36. The second kappa shape index (κ2) is 2.85. The molecule has 3 heteroatoms. The molecule has 2 unspecified atom stereocenters. The van der Waals surface area contributed by atoms with Gasteiger partial charge in [0.2, 0.25) is 0 Å². The van der Waals surface area contributed by atoms with Crippen LogP contribution in [0.25, 0.3) is 0 Å². The summed E-state index contributed by atoms with van der Waals surface area (Å²) < 4.78 is 5.82. The highest BCUT2D eigenvalue weighted by Gasteiger charge is 2.67. The minimum Gasteiger partial charge on any atom is -0.456 e. The van der Waals surface area contributed by atoms with Crippen molar-refractivity contribution in [2.45, 2.75) is 51.4 Å². The maximum absolute atomic E-state index is 5.82. The van der Waals surface area contributed by atoms with Crippen molar-refractivity contribution in [1.29, 1.82) is 0 Å². The summed E-state index contributed by atoms with van der Waals surface area (Å²) in [6.45, 7) is 10.5. The quantitative estimate of drug-likeness (QED) is 0.645. The standard InChI is InChI=1S/C14H18O3/c1-12(2,3)9-6-7-11-10(8-9)13(4)14(5,15-11)17-16-13/h6-8H,1-5H3. The fourth-order valence-electron chi connectivity index (χ4n) is 2.36. The first-order chi connectivity index (χ1) is 7.76. The van der Waals surface area contributed by atoms with Gasteiger partial charge in [-0.3, -0.25) is 0 Å². The van der Waals surface area contributed by atoms with E-state index in [2.05, 4.69) is 32.9 Å². The van der Waals surface area contributed by atoms with Gasteiger partial charge in [0, 0.05) is 12.5 Å². The second-order valence-corrected chi connectivity index (χ2v) is 6.21. The molecule has 0 amide bonds. The molecule has 92 valence electrons. The van der Waals surface area contributed by atoms with Crippen LogP contribution in [-0.2, 0) is 20.8 Å². The molecule has 3 nitrogen and oxygen atoms in total. The van der Waals surface area contributed by atoms with Crippen molar-refractivity contribution in [2.24, 2.45) is 0 Å². The summed E-state index contributed by atoms with van der Waals surface area (Å²) in [5, 5.41) is 0. The van der Waals surface area contributed by atoms with Gasteiger partial charge in [-0.15, -0.1) is 0 Å². The van der Waals surface area contributed by atoms with Crippen molar-refractivity contribution in [2.75, 3.05) is 0 Å². The molecule has 0 aromatic heterocycles. The molecule has 0 spiro atoms. The van der Waals surface area contributed by atoms with Crippen molar-refractivity contribution in [1.82, 2.24) is 0 Å². The van der Waals surface area contributed by atoms with Crippen LogP contribution in [0.1, 0.15) is 45.7 Å². The predicted molar refractivity (Wildman–Crippen MR) is 63.7 cm³/mol. The maximum Gasteiger partial charge on any atom is 0.273 e. The van der Waals surface area contributed by atoms with Gasteiger partial charge in [0.25, 0.3) is 5.79 Å². The molecule has 1 aromatic rings. The third kappa shape index (κ3) is 1.24. The predicted octanol–water partition coefficient (Wildman–Crippen LogP) is 3.27. The number of benzene rings is 1. The Morgan fingerprint density at radius 3 is 2.29 bits per heavy atom. The zero-order valence-electron chi connectivity index (χ0n) is 11.0. The Morgan fingerprint density at radius 2 is 1.76 bits per heavy atom. The molecule has 2 aliphatic rings. The van der Waals surface area contributed by atoms with Gasteiger partial charge in [-0.2, -0.15) is 4.89 Å². The summed E-state index contributed by atoms with van der Waals surface area (Å²) in [6, 6.07) is 6.29. The van der Waals surface area contributed by atoms with Gasteiger partial charge < -0.3 is 4.74 Å². The zero-order chi connectivity index (χ0) is 12.5. The summed E-state index contributed by atoms with van der Waals surface area (Å²) in [5.41, 5.74) is 2.00. The van der Waals surface area contributed by atoms with E-state index in [1.807, 2.05) is 19.9 Å². The number of hydrogen-bond acceptors (Lipinski definition) is 3. The highest BCUT2D eigenvalue weighted by molar-refractivity contribution is 5.48. The average Bonchev–Trinajstić information content (AvgIpc) is 2.38. The van der Waals surface area contributed by atoms with Gasteiger partial charge in [-0.05, 0) is 30.0 Å². The van der Waals surface area contributed by atoms with E-state index >= 15 is 0 Å². The van der Waals surface area contributed by atoms with Crippen LogP contribution in [0.2, 0.25) is 0 Å². The molecule has 0 bridgehead atoms. The molecule has 2 atom stereocenters. The first-order valence-electron chi connectivity index (χ1n) is 5.97. The Hall–Kier alpha value is -1.06. The number of hydrogen-bond donors (Lipinski definition) is 0. The highest BCUT2D eigenvalue weighted by Crippen LogP contribution is 2.57. The number of rotatable bonds is 0. The third-order valence-corrected chi connectivity index (χ3v) is 3.90. The van der Waals surface area contributed by atoms with E-state index in [4.69, 9.17) is 14.5 Å². The second-order valence-electron chi connectivity index (χ2n) is 6.21. The lowest BCUT2D eigenvalue weighted by Crippen LogP contribution is -2.60. The molecular weight excluding hydrogens is 216 g/mol. The SMILES string of the molecule is CC(C)(C)c1ccc2c(c1)C1(C)OOC1(C)O2. The van der Waals surface area contributed by atoms with Crippen molar-refractivity contribution >= 4 is 0 Å². The Bertz CT molecular complexity index is 489. The van der Waals surface area contributed by atoms with Crippen molar-refractivity contribution < 1.29 is 14.5 Å². The summed E-state index contributed by atoms with van der Waals surface area (Å²) in [7, 11) is 0. The molecule has 3 rings (SSSR count). The van der Waals surface area contributed by atoms with E-state index in [0.717, 1.165) is 11.3 Å². The van der Waals surface area contributed by atoms with Crippen LogP contribution in [0.4, 0.5) is 0 Å². The highest BCUT2D eigenvalue weighted by atomic mass is 17.3. The van der Waals surface area contributed by atoms with Crippen molar-refractivity contribution in [3.63, 3.8) is 0 Å².